The monoisotopic (exact) mass is 269 g/mol. The average Bonchev–Trinajstić information content (AvgIpc) is 2.49. The molecule has 0 unspecified atom stereocenters. The standard InChI is InChI=1S/C16H15NO3/c18-17-10-12-9-13-5-4-8-15(16(13)19-11-12)20-14-6-2-1-3-7-14/h1-9,17-18H,10-11H2. The van der Waals surface area contributed by atoms with Crippen LogP contribution >= 0.6 is 0 Å². The number of para-hydroxylation sites is 2. The lowest BCUT2D eigenvalue weighted by Gasteiger charge is -2.20. The molecule has 1 aliphatic heterocycles. The van der Waals surface area contributed by atoms with E-state index in [4.69, 9.17) is 14.7 Å². The first-order chi connectivity index (χ1) is 9.86. The van der Waals surface area contributed by atoms with E-state index in [0.29, 0.717) is 18.9 Å². The molecule has 0 saturated carbocycles. The molecule has 2 aromatic carbocycles. The Morgan fingerprint density at radius 3 is 2.75 bits per heavy atom. The molecule has 4 nitrogen and oxygen atoms in total. The summed E-state index contributed by atoms with van der Waals surface area (Å²) in [5, 5.41) is 8.74. The highest BCUT2D eigenvalue weighted by Gasteiger charge is 2.16. The Hall–Kier alpha value is -2.30. The summed E-state index contributed by atoms with van der Waals surface area (Å²) in [6, 6.07) is 15.4. The van der Waals surface area contributed by atoms with Crippen LogP contribution in [0.2, 0.25) is 0 Å². The molecule has 20 heavy (non-hydrogen) atoms. The normalized spacial score (nSPS) is 13.2. The molecular weight excluding hydrogens is 254 g/mol. The van der Waals surface area contributed by atoms with Crippen molar-refractivity contribution in [3.8, 4) is 17.2 Å². The number of ether oxygens (including phenoxy) is 2. The zero-order chi connectivity index (χ0) is 13.8. The van der Waals surface area contributed by atoms with Crippen molar-refractivity contribution in [3.63, 3.8) is 0 Å². The molecule has 102 valence electrons. The summed E-state index contributed by atoms with van der Waals surface area (Å²) in [6.07, 6.45) is 2.00. The van der Waals surface area contributed by atoms with Crippen LogP contribution in [0.3, 0.4) is 0 Å². The number of rotatable bonds is 4. The summed E-state index contributed by atoms with van der Waals surface area (Å²) in [6.45, 7) is 0.832. The number of benzene rings is 2. The van der Waals surface area contributed by atoms with E-state index in [1.165, 1.54) is 0 Å². The van der Waals surface area contributed by atoms with Crippen LogP contribution in [0, 0.1) is 0 Å². The minimum absolute atomic E-state index is 0.392. The van der Waals surface area contributed by atoms with E-state index in [9.17, 15) is 0 Å². The number of hydroxylamine groups is 1. The largest absolute Gasteiger partial charge is 0.485 e. The van der Waals surface area contributed by atoms with Gasteiger partial charge in [-0.15, -0.1) is 0 Å². The number of fused-ring (bicyclic) bond motifs is 1. The summed E-state index contributed by atoms with van der Waals surface area (Å²) in [5.74, 6) is 2.20. The molecule has 0 aromatic heterocycles. The molecule has 0 amide bonds. The fourth-order valence-corrected chi connectivity index (χ4v) is 2.13. The Morgan fingerprint density at radius 2 is 1.95 bits per heavy atom. The van der Waals surface area contributed by atoms with Crippen molar-refractivity contribution in [2.75, 3.05) is 13.2 Å². The third-order valence-electron chi connectivity index (χ3n) is 3.05. The summed E-state index contributed by atoms with van der Waals surface area (Å²) in [4.78, 5) is 0. The average molecular weight is 269 g/mol. The minimum atomic E-state index is 0.392. The third-order valence-corrected chi connectivity index (χ3v) is 3.05. The molecule has 0 aliphatic carbocycles. The zero-order valence-electron chi connectivity index (χ0n) is 10.9. The van der Waals surface area contributed by atoms with Crippen LogP contribution < -0.4 is 15.0 Å². The molecule has 0 atom stereocenters. The zero-order valence-corrected chi connectivity index (χ0v) is 10.9. The molecule has 1 heterocycles. The van der Waals surface area contributed by atoms with Gasteiger partial charge in [-0.25, -0.2) is 5.48 Å². The van der Waals surface area contributed by atoms with Crippen molar-refractivity contribution < 1.29 is 14.7 Å². The van der Waals surface area contributed by atoms with E-state index < -0.39 is 0 Å². The summed E-state index contributed by atoms with van der Waals surface area (Å²) >= 11 is 0. The van der Waals surface area contributed by atoms with Gasteiger partial charge in [-0.2, -0.15) is 0 Å². The van der Waals surface area contributed by atoms with Crippen LogP contribution in [0.5, 0.6) is 17.2 Å². The van der Waals surface area contributed by atoms with E-state index in [2.05, 4.69) is 5.48 Å². The Kier molecular flexibility index (Phi) is 3.67. The highest BCUT2D eigenvalue weighted by atomic mass is 16.5. The summed E-state index contributed by atoms with van der Waals surface area (Å²) in [7, 11) is 0. The minimum Gasteiger partial charge on any atom is -0.485 e. The molecule has 4 heteroatoms. The van der Waals surface area contributed by atoms with E-state index in [-0.39, 0.29) is 0 Å². The first kappa shape index (κ1) is 12.7. The van der Waals surface area contributed by atoms with Gasteiger partial charge in [0, 0.05) is 12.1 Å². The van der Waals surface area contributed by atoms with E-state index in [1.807, 2.05) is 54.6 Å². The fourth-order valence-electron chi connectivity index (χ4n) is 2.13. The van der Waals surface area contributed by atoms with Crippen LogP contribution in [0.1, 0.15) is 5.56 Å². The van der Waals surface area contributed by atoms with Gasteiger partial charge in [0.1, 0.15) is 12.4 Å². The first-order valence-corrected chi connectivity index (χ1v) is 6.42. The maximum Gasteiger partial charge on any atom is 0.169 e. The van der Waals surface area contributed by atoms with Gasteiger partial charge >= 0.3 is 0 Å². The molecule has 2 aromatic rings. The van der Waals surface area contributed by atoms with Gasteiger partial charge in [-0.1, -0.05) is 30.3 Å². The number of hydrogen-bond donors (Lipinski definition) is 2. The lowest BCUT2D eigenvalue weighted by atomic mass is 10.1. The van der Waals surface area contributed by atoms with Crippen LogP contribution in [-0.4, -0.2) is 18.4 Å². The Bertz CT molecular complexity index is 623. The molecule has 0 bridgehead atoms. The van der Waals surface area contributed by atoms with Crippen molar-refractivity contribution in [1.82, 2.24) is 5.48 Å². The Labute approximate surface area is 117 Å². The maximum absolute atomic E-state index is 8.74. The number of hydrogen-bond acceptors (Lipinski definition) is 4. The second kappa shape index (κ2) is 5.77. The van der Waals surface area contributed by atoms with Gasteiger partial charge in [0.2, 0.25) is 0 Å². The molecule has 0 fully saturated rings. The van der Waals surface area contributed by atoms with Gasteiger partial charge in [-0.3, -0.25) is 0 Å². The quantitative estimate of drug-likeness (QED) is 0.837. The highest BCUT2D eigenvalue weighted by molar-refractivity contribution is 5.66. The molecule has 0 spiro atoms. The van der Waals surface area contributed by atoms with Crippen molar-refractivity contribution in [3.05, 3.63) is 59.7 Å². The van der Waals surface area contributed by atoms with Crippen LogP contribution in [-0.2, 0) is 0 Å². The maximum atomic E-state index is 8.74. The highest BCUT2D eigenvalue weighted by Crippen LogP contribution is 2.37. The van der Waals surface area contributed by atoms with Gasteiger partial charge in [0.15, 0.2) is 11.5 Å². The van der Waals surface area contributed by atoms with Crippen LogP contribution in [0.25, 0.3) is 6.08 Å². The van der Waals surface area contributed by atoms with Crippen LogP contribution in [0.15, 0.2) is 54.1 Å². The lowest BCUT2D eigenvalue weighted by molar-refractivity contribution is 0.172. The lowest BCUT2D eigenvalue weighted by Crippen LogP contribution is -2.18. The molecule has 1 aliphatic rings. The second-order valence-corrected chi connectivity index (χ2v) is 4.52. The van der Waals surface area contributed by atoms with Crippen molar-refractivity contribution >= 4 is 6.08 Å². The SMILES string of the molecule is ONCC1=Cc2cccc(Oc3ccccc3)c2OC1. The second-order valence-electron chi connectivity index (χ2n) is 4.52. The Balaban J connectivity index is 1.90. The van der Waals surface area contributed by atoms with Gasteiger partial charge < -0.3 is 14.7 Å². The Morgan fingerprint density at radius 1 is 1.10 bits per heavy atom. The van der Waals surface area contributed by atoms with Crippen LogP contribution in [0.4, 0.5) is 0 Å². The smallest absolute Gasteiger partial charge is 0.169 e. The van der Waals surface area contributed by atoms with E-state index in [0.717, 1.165) is 22.6 Å². The predicted molar refractivity (Wildman–Crippen MR) is 76.2 cm³/mol. The predicted octanol–water partition coefficient (Wildman–Crippen LogP) is 3.23. The summed E-state index contributed by atoms with van der Waals surface area (Å²) in [5.41, 5.74) is 4.08. The molecule has 2 N–H and O–H groups in total. The fraction of sp³-hybridized carbons (Fsp3) is 0.125. The first-order valence-electron chi connectivity index (χ1n) is 6.42. The molecule has 0 radical (unpaired) electrons. The van der Waals surface area contributed by atoms with Crippen molar-refractivity contribution in [2.45, 2.75) is 0 Å². The molecular formula is C16H15NO3. The van der Waals surface area contributed by atoms with Gasteiger partial charge in [0.25, 0.3) is 0 Å². The van der Waals surface area contributed by atoms with E-state index >= 15 is 0 Å². The molecule has 0 saturated heterocycles. The molecule has 3 rings (SSSR count). The third kappa shape index (κ3) is 2.66. The van der Waals surface area contributed by atoms with Crippen molar-refractivity contribution in [1.29, 1.82) is 0 Å². The van der Waals surface area contributed by atoms with Gasteiger partial charge in [-0.05, 0) is 29.8 Å². The summed E-state index contributed by atoms with van der Waals surface area (Å²) < 4.78 is 11.6. The number of nitrogens with one attached hydrogen (secondary N) is 1. The van der Waals surface area contributed by atoms with Crippen molar-refractivity contribution in [2.24, 2.45) is 0 Å². The van der Waals surface area contributed by atoms with E-state index in [1.54, 1.807) is 0 Å². The topological polar surface area (TPSA) is 50.7 Å². The van der Waals surface area contributed by atoms with Gasteiger partial charge in [0.05, 0.1) is 0 Å².